The molecule has 0 atom stereocenters. The van der Waals surface area contributed by atoms with Crippen LogP contribution in [0.25, 0.3) is 10.8 Å². The lowest BCUT2D eigenvalue weighted by Crippen LogP contribution is -2.39. The van der Waals surface area contributed by atoms with E-state index in [1.165, 1.54) is 4.90 Å². The molecule has 148 valence electrons. The number of carbonyl (C=O) groups excluding carboxylic acids is 2. The van der Waals surface area contributed by atoms with E-state index in [4.69, 9.17) is 9.47 Å². The van der Waals surface area contributed by atoms with Gasteiger partial charge in [0.2, 0.25) is 0 Å². The smallest absolute Gasteiger partial charge is 0.261 e. The predicted molar refractivity (Wildman–Crippen MR) is 112 cm³/mol. The van der Waals surface area contributed by atoms with Gasteiger partial charge in [-0.05, 0) is 48.6 Å². The molecule has 0 fully saturated rings. The second kappa shape index (κ2) is 7.95. The number of benzene rings is 3. The number of hydrogen-bond acceptors (Lipinski definition) is 4. The van der Waals surface area contributed by atoms with Gasteiger partial charge in [0.25, 0.3) is 11.8 Å². The summed E-state index contributed by atoms with van der Waals surface area (Å²) in [6.45, 7) is 5.23. The van der Waals surface area contributed by atoms with Crippen LogP contribution in [0.2, 0.25) is 0 Å². The average Bonchev–Trinajstić information content (AvgIpc) is 2.74. The highest BCUT2D eigenvalue weighted by molar-refractivity contribution is 6.25. The molecule has 1 aliphatic heterocycles. The van der Waals surface area contributed by atoms with E-state index >= 15 is 0 Å². The maximum atomic E-state index is 13.1. The first-order chi connectivity index (χ1) is 14.1. The molecule has 2 amide bonds. The molecule has 5 heteroatoms. The fraction of sp³-hybridized carbons (Fsp3) is 0.250. The van der Waals surface area contributed by atoms with Crippen molar-refractivity contribution in [3.63, 3.8) is 0 Å². The fourth-order valence-corrected chi connectivity index (χ4v) is 3.66. The monoisotopic (exact) mass is 389 g/mol. The van der Waals surface area contributed by atoms with Crippen LogP contribution < -0.4 is 9.47 Å². The average molecular weight is 389 g/mol. The van der Waals surface area contributed by atoms with Gasteiger partial charge in [-0.25, -0.2) is 0 Å². The summed E-state index contributed by atoms with van der Waals surface area (Å²) in [4.78, 5) is 27.5. The highest BCUT2D eigenvalue weighted by Gasteiger charge is 2.32. The Morgan fingerprint density at radius 2 is 1.52 bits per heavy atom. The van der Waals surface area contributed by atoms with Crippen molar-refractivity contribution >= 4 is 22.6 Å². The molecule has 3 aromatic carbocycles. The van der Waals surface area contributed by atoms with Crippen LogP contribution in [0, 0.1) is 0 Å². The molecule has 0 saturated carbocycles. The zero-order valence-electron chi connectivity index (χ0n) is 16.6. The van der Waals surface area contributed by atoms with Gasteiger partial charge in [-0.15, -0.1) is 0 Å². The lowest BCUT2D eigenvalue weighted by Gasteiger charge is -2.27. The van der Waals surface area contributed by atoms with Crippen molar-refractivity contribution in [1.82, 2.24) is 4.90 Å². The van der Waals surface area contributed by atoms with Crippen LogP contribution in [0.5, 0.6) is 11.5 Å². The summed E-state index contributed by atoms with van der Waals surface area (Å²) in [5, 5.41) is 1.64. The molecular weight excluding hydrogens is 366 g/mol. The van der Waals surface area contributed by atoms with Crippen molar-refractivity contribution in [2.45, 2.75) is 26.8 Å². The molecule has 3 aromatic rings. The minimum absolute atomic E-state index is 0.177. The molecule has 0 aliphatic carbocycles. The Balaban J connectivity index is 1.67. The van der Waals surface area contributed by atoms with Crippen LogP contribution >= 0.6 is 0 Å². The number of rotatable bonds is 7. The fourth-order valence-electron chi connectivity index (χ4n) is 3.66. The first kappa shape index (κ1) is 19.0. The molecule has 4 rings (SSSR count). The van der Waals surface area contributed by atoms with Crippen LogP contribution in [0.15, 0.2) is 54.6 Å². The maximum Gasteiger partial charge on any atom is 0.261 e. The van der Waals surface area contributed by atoms with Gasteiger partial charge < -0.3 is 9.47 Å². The number of amides is 2. The van der Waals surface area contributed by atoms with E-state index in [9.17, 15) is 9.59 Å². The summed E-state index contributed by atoms with van der Waals surface area (Å²) in [5.41, 5.74) is 1.93. The molecule has 0 spiro atoms. The van der Waals surface area contributed by atoms with Crippen LogP contribution in [0.3, 0.4) is 0 Å². The maximum absolute atomic E-state index is 13.1. The number of nitrogens with zero attached hydrogens (tertiary/aromatic N) is 1. The molecule has 0 radical (unpaired) electrons. The number of imide groups is 1. The standard InChI is InChI=1S/C24H23NO4/c1-3-13-29-20-12-11-16(14-21(20)28-4-2)15-25-23(26)18-9-5-7-17-8-6-10-19(22(17)18)24(25)27/h5-12,14H,3-4,13,15H2,1-2H3. The van der Waals surface area contributed by atoms with E-state index in [2.05, 4.69) is 0 Å². The minimum atomic E-state index is -0.274. The van der Waals surface area contributed by atoms with Crippen molar-refractivity contribution < 1.29 is 19.1 Å². The minimum Gasteiger partial charge on any atom is -0.490 e. The summed E-state index contributed by atoms with van der Waals surface area (Å²) in [6.07, 6.45) is 0.898. The summed E-state index contributed by atoms with van der Waals surface area (Å²) < 4.78 is 11.4. The largest absolute Gasteiger partial charge is 0.490 e. The Labute approximate surface area is 169 Å². The zero-order chi connectivity index (χ0) is 20.4. The first-order valence-corrected chi connectivity index (χ1v) is 9.90. The number of hydrogen-bond donors (Lipinski definition) is 0. The van der Waals surface area contributed by atoms with E-state index in [1.807, 2.05) is 56.3 Å². The number of carbonyl (C=O) groups is 2. The lowest BCUT2D eigenvalue weighted by molar-refractivity contribution is 0.0598. The van der Waals surface area contributed by atoms with Crippen molar-refractivity contribution in [3.05, 3.63) is 71.3 Å². The van der Waals surface area contributed by atoms with Gasteiger partial charge in [-0.2, -0.15) is 0 Å². The second-order valence-corrected chi connectivity index (χ2v) is 6.97. The molecule has 29 heavy (non-hydrogen) atoms. The highest BCUT2D eigenvalue weighted by atomic mass is 16.5. The summed E-state index contributed by atoms with van der Waals surface area (Å²) in [5.74, 6) is 0.744. The Hall–Kier alpha value is -3.34. The third-order valence-electron chi connectivity index (χ3n) is 4.97. The summed E-state index contributed by atoms with van der Waals surface area (Å²) in [7, 11) is 0. The molecule has 1 heterocycles. The molecule has 0 unspecified atom stereocenters. The first-order valence-electron chi connectivity index (χ1n) is 9.90. The van der Waals surface area contributed by atoms with E-state index in [1.54, 1.807) is 12.1 Å². The van der Waals surface area contributed by atoms with E-state index in [0.29, 0.717) is 35.8 Å². The predicted octanol–water partition coefficient (Wildman–Crippen LogP) is 4.82. The molecule has 0 saturated heterocycles. The van der Waals surface area contributed by atoms with Gasteiger partial charge in [-0.1, -0.05) is 37.3 Å². The lowest BCUT2D eigenvalue weighted by atomic mass is 9.94. The quantitative estimate of drug-likeness (QED) is 0.544. The van der Waals surface area contributed by atoms with Gasteiger partial charge in [0.05, 0.1) is 19.8 Å². The van der Waals surface area contributed by atoms with Crippen molar-refractivity contribution in [2.75, 3.05) is 13.2 Å². The normalized spacial score (nSPS) is 13.1. The van der Waals surface area contributed by atoms with Crippen LogP contribution in [0.4, 0.5) is 0 Å². The molecule has 1 aliphatic rings. The second-order valence-electron chi connectivity index (χ2n) is 6.97. The Morgan fingerprint density at radius 3 is 2.14 bits per heavy atom. The van der Waals surface area contributed by atoms with Crippen LogP contribution in [-0.4, -0.2) is 29.9 Å². The van der Waals surface area contributed by atoms with Gasteiger partial charge in [0.15, 0.2) is 11.5 Å². The highest BCUT2D eigenvalue weighted by Crippen LogP contribution is 2.33. The summed E-state index contributed by atoms with van der Waals surface area (Å²) >= 11 is 0. The number of ether oxygens (including phenoxy) is 2. The van der Waals surface area contributed by atoms with E-state index < -0.39 is 0 Å². The molecular formula is C24H23NO4. The van der Waals surface area contributed by atoms with Gasteiger partial charge in [0, 0.05) is 16.5 Å². The molecule has 0 N–H and O–H groups in total. The Morgan fingerprint density at radius 1 is 0.828 bits per heavy atom. The SMILES string of the molecule is CCCOc1ccc(CN2C(=O)c3cccc4cccc(c34)C2=O)cc1OCC. The van der Waals surface area contributed by atoms with Gasteiger partial charge >= 0.3 is 0 Å². The summed E-state index contributed by atoms with van der Waals surface area (Å²) in [6, 6.07) is 16.6. The van der Waals surface area contributed by atoms with E-state index in [-0.39, 0.29) is 18.4 Å². The third-order valence-corrected chi connectivity index (χ3v) is 4.97. The van der Waals surface area contributed by atoms with Crippen LogP contribution in [-0.2, 0) is 6.54 Å². The third kappa shape index (κ3) is 3.44. The van der Waals surface area contributed by atoms with Crippen molar-refractivity contribution in [2.24, 2.45) is 0 Å². The van der Waals surface area contributed by atoms with Crippen molar-refractivity contribution in [1.29, 1.82) is 0 Å². The van der Waals surface area contributed by atoms with Crippen molar-refractivity contribution in [3.8, 4) is 11.5 Å². The topological polar surface area (TPSA) is 55.8 Å². The molecule has 0 aromatic heterocycles. The zero-order valence-corrected chi connectivity index (χ0v) is 16.6. The Bertz CT molecular complexity index is 1040. The Kier molecular flexibility index (Phi) is 5.21. The molecule has 5 nitrogen and oxygen atoms in total. The van der Waals surface area contributed by atoms with E-state index in [0.717, 1.165) is 22.8 Å². The van der Waals surface area contributed by atoms with Crippen LogP contribution in [0.1, 0.15) is 46.5 Å². The van der Waals surface area contributed by atoms with Gasteiger partial charge in [-0.3, -0.25) is 14.5 Å². The van der Waals surface area contributed by atoms with Gasteiger partial charge in [0.1, 0.15) is 0 Å². The molecule has 0 bridgehead atoms.